The Kier molecular flexibility index (Phi) is 6.52. The summed E-state index contributed by atoms with van der Waals surface area (Å²) < 4.78 is 29.9. The molecule has 9 heteroatoms. The van der Waals surface area contributed by atoms with Crippen LogP contribution >= 0.6 is 0 Å². The third-order valence-electron chi connectivity index (χ3n) is 6.33. The number of amides is 1. The summed E-state index contributed by atoms with van der Waals surface area (Å²) >= 11 is 0. The van der Waals surface area contributed by atoms with Crippen LogP contribution in [0.4, 0.5) is 6.01 Å². The fraction of sp³-hybridized carbons (Fsp3) is 0.636. The Bertz CT molecular complexity index is 978. The lowest BCUT2D eigenvalue weighted by molar-refractivity contribution is -0.138. The van der Waals surface area contributed by atoms with Crippen molar-refractivity contribution in [2.24, 2.45) is 5.92 Å². The largest absolute Gasteiger partial charge is 0.423 e. The maximum absolute atomic E-state index is 13.4. The maximum Gasteiger partial charge on any atom is 0.298 e. The third-order valence-corrected chi connectivity index (χ3v) is 8.08. The standard InChI is InChI=1S/C22H32N4O4S/c1-24(2)11-5-12-26(18-10-15-31(28,29)16-18)21(27)17-8-13-25(14-9-17)22-23-19-6-3-4-7-20(19)30-22/h3-4,6-7,17-18H,5,8-16H2,1-2H3. The highest BCUT2D eigenvalue weighted by Crippen LogP contribution is 2.29. The lowest BCUT2D eigenvalue weighted by Gasteiger charge is -2.36. The van der Waals surface area contributed by atoms with Crippen molar-refractivity contribution >= 4 is 32.9 Å². The summed E-state index contributed by atoms with van der Waals surface area (Å²) in [5.41, 5.74) is 1.61. The van der Waals surface area contributed by atoms with Crippen LogP contribution in [-0.2, 0) is 14.6 Å². The quantitative estimate of drug-likeness (QED) is 0.640. The topological polar surface area (TPSA) is 87.0 Å². The molecule has 31 heavy (non-hydrogen) atoms. The Hall–Kier alpha value is -2.13. The van der Waals surface area contributed by atoms with Gasteiger partial charge in [-0.2, -0.15) is 4.98 Å². The molecule has 2 aliphatic heterocycles. The fourth-order valence-electron chi connectivity index (χ4n) is 4.60. The molecule has 0 N–H and O–H groups in total. The Morgan fingerprint density at radius 3 is 2.55 bits per heavy atom. The lowest BCUT2D eigenvalue weighted by Crippen LogP contribution is -2.48. The molecule has 1 unspecified atom stereocenters. The van der Waals surface area contributed by atoms with Crippen molar-refractivity contribution < 1.29 is 17.6 Å². The van der Waals surface area contributed by atoms with E-state index in [1.165, 1.54) is 0 Å². The number of aromatic nitrogens is 1. The van der Waals surface area contributed by atoms with Crippen molar-refractivity contribution in [1.29, 1.82) is 0 Å². The smallest absolute Gasteiger partial charge is 0.298 e. The number of carbonyl (C=O) groups excluding carboxylic acids is 1. The minimum atomic E-state index is -3.04. The number of sulfone groups is 1. The summed E-state index contributed by atoms with van der Waals surface area (Å²) in [5.74, 6) is 0.315. The summed E-state index contributed by atoms with van der Waals surface area (Å²) in [7, 11) is 0.979. The number of oxazole rings is 1. The first kappa shape index (κ1) is 22.1. The van der Waals surface area contributed by atoms with Crippen LogP contribution in [0, 0.1) is 5.92 Å². The first-order valence-electron chi connectivity index (χ1n) is 11.1. The predicted octanol–water partition coefficient (Wildman–Crippen LogP) is 2.01. The number of benzene rings is 1. The summed E-state index contributed by atoms with van der Waals surface area (Å²) in [5, 5.41) is 0. The van der Waals surface area contributed by atoms with Gasteiger partial charge in [0.05, 0.1) is 11.5 Å². The molecule has 8 nitrogen and oxygen atoms in total. The van der Waals surface area contributed by atoms with Crippen LogP contribution < -0.4 is 4.90 Å². The zero-order valence-corrected chi connectivity index (χ0v) is 19.2. The molecule has 3 heterocycles. The van der Waals surface area contributed by atoms with Gasteiger partial charge in [0.25, 0.3) is 6.01 Å². The second kappa shape index (κ2) is 9.16. The number of carbonyl (C=O) groups is 1. The highest BCUT2D eigenvalue weighted by atomic mass is 32.2. The number of anilines is 1. The first-order chi connectivity index (χ1) is 14.8. The molecule has 0 radical (unpaired) electrons. The molecule has 1 aromatic heterocycles. The van der Waals surface area contributed by atoms with E-state index >= 15 is 0 Å². The number of rotatable bonds is 7. The van der Waals surface area contributed by atoms with Crippen LogP contribution in [0.5, 0.6) is 0 Å². The Morgan fingerprint density at radius 2 is 1.90 bits per heavy atom. The van der Waals surface area contributed by atoms with Gasteiger partial charge >= 0.3 is 0 Å². The molecule has 1 atom stereocenters. The Balaban J connectivity index is 1.40. The van der Waals surface area contributed by atoms with Gasteiger partial charge in [0.2, 0.25) is 5.91 Å². The Labute approximate surface area is 184 Å². The van der Waals surface area contributed by atoms with Crippen molar-refractivity contribution in [3.63, 3.8) is 0 Å². The molecule has 2 fully saturated rings. The van der Waals surface area contributed by atoms with Crippen molar-refractivity contribution in [1.82, 2.24) is 14.8 Å². The maximum atomic E-state index is 13.4. The molecule has 0 aliphatic carbocycles. The van der Waals surface area contributed by atoms with E-state index in [4.69, 9.17) is 4.42 Å². The lowest BCUT2D eigenvalue weighted by atomic mass is 9.94. The summed E-state index contributed by atoms with van der Waals surface area (Å²) in [4.78, 5) is 24.0. The number of piperidine rings is 1. The van der Waals surface area contributed by atoms with Gasteiger partial charge in [0.1, 0.15) is 5.52 Å². The number of hydrogen-bond donors (Lipinski definition) is 0. The van der Waals surface area contributed by atoms with Gasteiger partial charge in [-0.1, -0.05) is 12.1 Å². The van der Waals surface area contributed by atoms with Gasteiger partial charge in [-0.15, -0.1) is 0 Å². The van der Waals surface area contributed by atoms with E-state index in [-0.39, 0.29) is 29.4 Å². The van der Waals surface area contributed by atoms with E-state index in [1.807, 2.05) is 43.3 Å². The monoisotopic (exact) mass is 448 g/mol. The Morgan fingerprint density at radius 1 is 1.16 bits per heavy atom. The van der Waals surface area contributed by atoms with Gasteiger partial charge < -0.3 is 19.1 Å². The molecule has 0 spiro atoms. The molecular weight excluding hydrogens is 416 g/mol. The zero-order valence-electron chi connectivity index (χ0n) is 18.4. The van der Waals surface area contributed by atoms with Crippen molar-refractivity contribution in [3.05, 3.63) is 24.3 Å². The number of para-hydroxylation sites is 2. The second-order valence-corrected chi connectivity index (χ2v) is 11.2. The van der Waals surface area contributed by atoms with Crippen LogP contribution in [0.15, 0.2) is 28.7 Å². The van der Waals surface area contributed by atoms with E-state index in [1.54, 1.807) is 0 Å². The van der Waals surface area contributed by atoms with E-state index in [0.29, 0.717) is 32.1 Å². The molecule has 0 saturated carbocycles. The highest BCUT2D eigenvalue weighted by Gasteiger charge is 2.38. The van der Waals surface area contributed by atoms with Gasteiger partial charge in [-0.05, 0) is 58.5 Å². The van der Waals surface area contributed by atoms with Gasteiger partial charge in [0.15, 0.2) is 15.4 Å². The SMILES string of the molecule is CN(C)CCCN(C(=O)C1CCN(c2nc3ccccc3o2)CC1)C1CCS(=O)(=O)C1. The molecule has 0 bridgehead atoms. The molecule has 2 aliphatic rings. The van der Waals surface area contributed by atoms with Crippen molar-refractivity contribution in [2.45, 2.75) is 31.7 Å². The average molecular weight is 449 g/mol. The molecular formula is C22H32N4O4S. The molecule has 4 rings (SSSR count). The summed E-state index contributed by atoms with van der Waals surface area (Å²) in [6, 6.07) is 8.12. The highest BCUT2D eigenvalue weighted by molar-refractivity contribution is 7.91. The van der Waals surface area contributed by atoms with E-state index < -0.39 is 9.84 Å². The number of hydrogen-bond acceptors (Lipinski definition) is 7. The minimum absolute atomic E-state index is 0.0803. The van der Waals surface area contributed by atoms with Crippen LogP contribution in [-0.4, -0.2) is 86.9 Å². The molecule has 2 saturated heterocycles. The molecule has 2 aromatic rings. The van der Waals surface area contributed by atoms with Crippen LogP contribution in [0.2, 0.25) is 0 Å². The van der Waals surface area contributed by atoms with Crippen LogP contribution in [0.1, 0.15) is 25.7 Å². The summed E-state index contributed by atoms with van der Waals surface area (Å²) in [6.07, 6.45) is 2.84. The van der Waals surface area contributed by atoms with Gasteiger partial charge in [0, 0.05) is 31.6 Å². The number of nitrogens with zero attached hydrogens (tertiary/aromatic N) is 4. The predicted molar refractivity (Wildman–Crippen MR) is 121 cm³/mol. The molecule has 170 valence electrons. The van der Waals surface area contributed by atoms with Crippen LogP contribution in [0.3, 0.4) is 0 Å². The van der Waals surface area contributed by atoms with Gasteiger partial charge in [-0.25, -0.2) is 8.42 Å². The zero-order chi connectivity index (χ0) is 22.0. The van der Waals surface area contributed by atoms with E-state index in [0.717, 1.165) is 36.9 Å². The summed E-state index contributed by atoms with van der Waals surface area (Å²) in [6.45, 7) is 2.90. The molecule has 1 amide bonds. The van der Waals surface area contributed by atoms with Crippen molar-refractivity contribution in [2.75, 3.05) is 56.7 Å². The van der Waals surface area contributed by atoms with E-state index in [9.17, 15) is 13.2 Å². The third kappa shape index (κ3) is 5.20. The van der Waals surface area contributed by atoms with E-state index in [2.05, 4.69) is 14.8 Å². The first-order valence-corrected chi connectivity index (χ1v) is 12.9. The van der Waals surface area contributed by atoms with Crippen molar-refractivity contribution in [3.8, 4) is 0 Å². The normalized spacial score (nSPS) is 21.8. The fourth-order valence-corrected chi connectivity index (χ4v) is 6.33. The van der Waals surface area contributed by atoms with Gasteiger partial charge in [-0.3, -0.25) is 4.79 Å². The minimum Gasteiger partial charge on any atom is -0.423 e. The average Bonchev–Trinajstić information content (AvgIpc) is 3.33. The van der Waals surface area contributed by atoms with Crippen LogP contribution in [0.25, 0.3) is 11.1 Å². The number of fused-ring (bicyclic) bond motifs is 1. The molecule has 1 aromatic carbocycles. The second-order valence-electron chi connectivity index (χ2n) is 8.97.